The Kier molecular flexibility index (Phi) is 6.21. The van der Waals surface area contributed by atoms with E-state index < -0.39 is 22.0 Å². The predicted octanol–water partition coefficient (Wildman–Crippen LogP) is 3.26. The number of hydrogen-bond acceptors (Lipinski definition) is 6. The number of hydrogen-bond donors (Lipinski definition) is 3. The SMILES string of the molecule is COc1cccc2cc(C(C)NC(=O)c3cc(NC(C)=O)ccc3NS(C)(=O)=O)oc12. The van der Waals surface area contributed by atoms with Gasteiger partial charge in [-0.15, -0.1) is 0 Å². The Hall–Kier alpha value is -3.53. The van der Waals surface area contributed by atoms with Gasteiger partial charge >= 0.3 is 0 Å². The average Bonchev–Trinajstić information content (AvgIpc) is 3.12. The fraction of sp³-hybridized carbons (Fsp3) is 0.238. The zero-order valence-electron chi connectivity index (χ0n) is 17.5. The van der Waals surface area contributed by atoms with E-state index in [0.717, 1.165) is 11.6 Å². The molecule has 164 valence electrons. The number of carbonyl (C=O) groups excluding carboxylic acids is 2. The van der Waals surface area contributed by atoms with Crippen molar-refractivity contribution in [3.8, 4) is 5.75 Å². The molecule has 0 saturated heterocycles. The van der Waals surface area contributed by atoms with Crippen molar-refractivity contribution in [2.45, 2.75) is 19.9 Å². The molecule has 0 saturated carbocycles. The first-order valence-corrected chi connectivity index (χ1v) is 11.2. The van der Waals surface area contributed by atoms with Gasteiger partial charge in [-0.1, -0.05) is 12.1 Å². The van der Waals surface area contributed by atoms with Crippen LogP contribution in [-0.2, 0) is 14.8 Å². The average molecular weight is 445 g/mol. The molecule has 0 radical (unpaired) electrons. The maximum Gasteiger partial charge on any atom is 0.254 e. The van der Waals surface area contributed by atoms with Gasteiger partial charge in [0, 0.05) is 18.0 Å². The maximum absolute atomic E-state index is 13.0. The van der Waals surface area contributed by atoms with Crippen LogP contribution in [0.5, 0.6) is 5.75 Å². The molecule has 9 nitrogen and oxygen atoms in total. The molecule has 0 spiro atoms. The highest BCUT2D eigenvalue weighted by molar-refractivity contribution is 7.92. The standard InChI is InChI=1S/C21H23N3O6S/c1-12(19-10-14-6-5-7-18(29-3)20(14)30-19)22-21(26)16-11-15(23-13(2)25)8-9-17(16)24-31(4,27)28/h5-12,24H,1-4H3,(H,22,26)(H,23,25). The van der Waals surface area contributed by atoms with Crippen molar-refractivity contribution in [3.05, 3.63) is 53.8 Å². The fourth-order valence-corrected chi connectivity index (χ4v) is 3.66. The second kappa shape index (κ2) is 8.68. The molecule has 0 aliphatic carbocycles. The summed E-state index contributed by atoms with van der Waals surface area (Å²) in [5.74, 6) is 0.214. The predicted molar refractivity (Wildman–Crippen MR) is 118 cm³/mol. The van der Waals surface area contributed by atoms with Crippen LogP contribution in [-0.4, -0.2) is 33.6 Å². The molecule has 0 aliphatic heterocycles. The minimum absolute atomic E-state index is 0.0530. The molecule has 31 heavy (non-hydrogen) atoms. The fourth-order valence-electron chi connectivity index (χ4n) is 3.08. The summed E-state index contributed by atoms with van der Waals surface area (Å²) in [6.07, 6.45) is 0.987. The molecule has 1 unspecified atom stereocenters. The van der Waals surface area contributed by atoms with E-state index in [-0.39, 0.29) is 17.2 Å². The van der Waals surface area contributed by atoms with Crippen molar-refractivity contribution in [1.29, 1.82) is 0 Å². The van der Waals surface area contributed by atoms with Crippen LogP contribution in [0.1, 0.15) is 36.0 Å². The van der Waals surface area contributed by atoms with Gasteiger partial charge in [0.25, 0.3) is 5.91 Å². The zero-order valence-corrected chi connectivity index (χ0v) is 18.3. The molecular weight excluding hydrogens is 422 g/mol. The molecular formula is C21H23N3O6S. The van der Waals surface area contributed by atoms with E-state index in [1.54, 1.807) is 26.2 Å². The van der Waals surface area contributed by atoms with Crippen LogP contribution in [0.25, 0.3) is 11.0 Å². The Morgan fingerprint density at radius 1 is 1.13 bits per heavy atom. The van der Waals surface area contributed by atoms with Crippen LogP contribution in [0.3, 0.4) is 0 Å². The van der Waals surface area contributed by atoms with Crippen molar-refractivity contribution in [3.63, 3.8) is 0 Å². The summed E-state index contributed by atoms with van der Waals surface area (Å²) in [4.78, 5) is 24.3. The third kappa shape index (κ3) is 5.34. The van der Waals surface area contributed by atoms with Gasteiger partial charge in [0.1, 0.15) is 5.76 Å². The van der Waals surface area contributed by atoms with Crippen LogP contribution in [0, 0.1) is 0 Å². The highest BCUT2D eigenvalue weighted by Gasteiger charge is 2.20. The molecule has 0 fully saturated rings. The van der Waals surface area contributed by atoms with Gasteiger partial charge in [0.05, 0.1) is 30.7 Å². The molecule has 1 heterocycles. The molecule has 0 bridgehead atoms. The topological polar surface area (TPSA) is 127 Å². The second-order valence-electron chi connectivity index (χ2n) is 7.04. The van der Waals surface area contributed by atoms with Gasteiger partial charge in [0.2, 0.25) is 15.9 Å². The highest BCUT2D eigenvalue weighted by Crippen LogP contribution is 2.31. The number of ether oxygens (including phenoxy) is 1. The van der Waals surface area contributed by atoms with Crippen molar-refractivity contribution < 1.29 is 27.2 Å². The van der Waals surface area contributed by atoms with Crippen LogP contribution in [0.2, 0.25) is 0 Å². The van der Waals surface area contributed by atoms with Gasteiger partial charge in [-0.3, -0.25) is 14.3 Å². The number of amides is 2. The van der Waals surface area contributed by atoms with E-state index in [1.165, 1.54) is 25.1 Å². The third-order valence-electron chi connectivity index (χ3n) is 4.40. The summed E-state index contributed by atoms with van der Waals surface area (Å²) in [6.45, 7) is 3.07. The molecule has 3 aromatic rings. The summed E-state index contributed by atoms with van der Waals surface area (Å²) in [5, 5.41) is 6.20. The van der Waals surface area contributed by atoms with Crippen molar-refractivity contribution >= 4 is 44.2 Å². The smallest absolute Gasteiger partial charge is 0.254 e. The second-order valence-corrected chi connectivity index (χ2v) is 8.79. The number of carbonyl (C=O) groups is 2. The largest absolute Gasteiger partial charge is 0.493 e. The number of nitrogens with one attached hydrogen (secondary N) is 3. The Labute approximate surface area is 179 Å². The van der Waals surface area contributed by atoms with E-state index in [4.69, 9.17) is 9.15 Å². The van der Waals surface area contributed by atoms with E-state index in [9.17, 15) is 18.0 Å². The first-order valence-electron chi connectivity index (χ1n) is 9.34. The van der Waals surface area contributed by atoms with E-state index in [0.29, 0.717) is 22.8 Å². The van der Waals surface area contributed by atoms with Crippen LogP contribution in [0.15, 0.2) is 46.9 Å². The number of para-hydroxylation sites is 1. The molecule has 2 aromatic carbocycles. The summed E-state index contributed by atoms with van der Waals surface area (Å²) in [6, 6.07) is 11.1. The Balaban J connectivity index is 1.91. The first-order chi connectivity index (χ1) is 14.6. The quantitative estimate of drug-likeness (QED) is 0.512. The van der Waals surface area contributed by atoms with Gasteiger partial charge < -0.3 is 19.8 Å². The minimum atomic E-state index is -3.62. The van der Waals surface area contributed by atoms with Crippen LogP contribution >= 0.6 is 0 Å². The van der Waals surface area contributed by atoms with E-state index in [2.05, 4.69) is 15.4 Å². The number of anilines is 2. The number of fused-ring (bicyclic) bond motifs is 1. The Morgan fingerprint density at radius 2 is 1.87 bits per heavy atom. The molecule has 3 rings (SSSR count). The molecule has 1 atom stereocenters. The summed E-state index contributed by atoms with van der Waals surface area (Å²) < 4.78 is 36.9. The summed E-state index contributed by atoms with van der Waals surface area (Å²) in [5.41, 5.74) is 1.07. The van der Waals surface area contributed by atoms with Gasteiger partial charge in [-0.25, -0.2) is 8.42 Å². The number of sulfonamides is 1. The summed E-state index contributed by atoms with van der Waals surface area (Å²) >= 11 is 0. The van der Waals surface area contributed by atoms with Gasteiger partial charge in [0.15, 0.2) is 11.3 Å². The Morgan fingerprint density at radius 3 is 2.52 bits per heavy atom. The zero-order chi connectivity index (χ0) is 22.8. The van der Waals surface area contributed by atoms with E-state index in [1.807, 2.05) is 12.1 Å². The molecule has 0 aliphatic rings. The molecule has 10 heteroatoms. The van der Waals surface area contributed by atoms with Crippen molar-refractivity contribution in [2.75, 3.05) is 23.4 Å². The lowest BCUT2D eigenvalue weighted by Gasteiger charge is -2.16. The lowest BCUT2D eigenvalue weighted by molar-refractivity contribution is -0.114. The van der Waals surface area contributed by atoms with Crippen LogP contribution < -0.4 is 20.1 Å². The monoisotopic (exact) mass is 445 g/mol. The third-order valence-corrected chi connectivity index (χ3v) is 4.99. The van der Waals surface area contributed by atoms with Crippen LogP contribution in [0.4, 0.5) is 11.4 Å². The number of methoxy groups -OCH3 is 1. The molecule has 2 amide bonds. The lowest BCUT2D eigenvalue weighted by atomic mass is 10.1. The van der Waals surface area contributed by atoms with Gasteiger partial charge in [-0.05, 0) is 37.3 Å². The minimum Gasteiger partial charge on any atom is -0.493 e. The number of rotatable bonds is 7. The highest BCUT2D eigenvalue weighted by atomic mass is 32.2. The number of benzene rings is 2. The Bertz CT molecular complexity index is 1250. The number of furan rings is 1. The normalized spacial score (nSPS) is 12.3. The lowest BCUT2D eigenvalue weighted by Crippen LogP contribution is -2.28. The molecule has 1 aromatic heterocycles. The maximum atomic E-state index is 13.0. The molecule has 3 N–H and O–H groups in total. The van der Waals surface area contributed by atoms with Gasteiger partial charge in [-0.2, -0.15) is 0 Å². The first kappa shape index (κ1) is 22.2. The van der Waals surface area contributed by atoms with Crippen molar-refractivity contribution in [1.82, 2.24) is 5.32 Å². The van der Waals surface area contributed by atoms with Crippen molar-refractivity contribution in [2.24, 2.45) is 0 Å². The summed E-state index contributed by atoms with van der Waals surface area (Å²) in [7, 11) is -2.08. The van der Waals surface area contributed by atoms with E-state index >= 15 is 0 Å².